The molecule has 1 fully saturated rings. The lowest BCUT2D eigenvalue weighted by Gasteiger charge is -2.15. The predicted molar refractivity (Wildman–Crippen MR) is 105 cm³/mol. The molecule has 2 N–H and O–H groups in total. The monoisotopic (exact) mass is 368 g/mol. The predicted octanol–water partition coefficient (Wildman–Crippen LogP) is 2.48. The Morgan fingerprint density at radius 3 is 2.44 bits per heavy atom. The van der Waals surface area contributed by atoms with Crippen LogP contribution in [0.2, 0.25) is 0 Å². The van der Waals surface area contributed by atoms with Gasteiger partial charge >= 0.3 is 0 Å². The van der Waals surface area contributed by atoms with E-state index in [1.54, 1.807) is 37.5 Å². The Balaban J connectivity index is 1.76. The smallest absolute Gasteiger partial charge is 0.185 e. The third-order valence-electron chi connectivity index (χ3n) is 4.95. The van der Waals surface area contributed by atoms with Gasteiger partial charge in [0, 0.05) is 24.0 Å². The number of phenolic OH excluding ortho intramolecular Hbond substituents is 1. The normalized spacial score (nSPS) is 14.6. The minimum Gasteiger partial charge on any atom is -0.504 e. The molecule has 1 aliphatic rings. The first-order valence-electron chi connectivity index (χ1n) is 9.20. The van der Waals surface area contributed by atoms with Gasteiger partial charge in [-0.1, -0.05) is 12.1 Å². The van der Waals surface area contributed by atoms with Crippen LogP contribution in [0.25, 0.3) is 6.08 Å². The maximum absolute atomic E-state index is 12.6. The van der Waals surface area contributed by atoms with Gasteiger partial charge in [0.1, 0.15) is 12.3 Å². The van der Waals surface area contributed by atoms with Crippen molar-refractivity contribution in [1.82, 2.24) is 0 Å². The average Bonchev–Trinajstić information content (AvgIpc) is 3.19. The Hall–Kier alpha value is -2.79. The first-order valence-corrected chi connectivity index (χ1v) is 9.20. The second-order valence-electron chi connectivity index (χ2n) is 6.79. The molecule has 0 saturated carbocycles. The fraction of sp³-hybridized carbons (Fsp3) is 0.318. The van der Waals surface area contributed by atoms with Crippen molar-refractivity contribution in [3.8, 4) is 17.2 Å². The van der Waals surface area contributed by atoms with Crippen LogP contribution in [0.1, 0.15) is 34.3 Å². The molecule has 0 bridgehead atoms. The van der Waals surface area contributed by atoms with E-state index in [4.69, 9.17) is 9.47 Å². The number of methoxy groups -OCH3 is 2. The lowest BCUT2D eigenvalue weighted by molar-refractivity contribution is -0.901. The molecular formula is C22H26NO4+. The number of likely N-dealkylation sites (tertiary alicyclic amines) is 1. The number of hydrogen-bond donors (Lipinski definition) is 2. The summed E-state index contributed by atoms with van der Waals surface area (Å²) in [4.78, 5) is 14.1. The lowest BCUT2D eigenvalue weighted by Crippen LogP contribution is -3.08. The van der Waals surface area contributed by atoms with Gasteiger partial charge in [0.05, 0.1) is 27.3 Å². The third kappa shape index (κ3) is 4.68. The minimum atomic E-state index is -0.0781. The van der Waals surface area contributed by atoms with Gasteiger partial charge in [0.15, 0.2) is 17.3 Å². The van der Waals surface area contributed by atoms with Crippen LogP contribution in [-0.4, -0.2) is 38.2 Å². The van der Waals surface area contributed by atoms with Crippen molar-refractivity contribution in [2.45, 2.75) is 19.4 Å². The number of ether oxygens (including phenoxy) is 2. The van der Waals surface area contributed by atoms with E-state index in [0.29, 0.717) is 11.3 Å². The SMILES string of the molecule is COc1ccc(/C=C/C(=O)c2ccc(OC)c(C[NH+]3CCCC3)c2)cc1O. The second kappa shape index (κ2) is 8.73. The summed E-state index contributed by atoms with van der Waals surface area (Å²) in [5.74, 6) is 1.20. The van der Waals surface area contributed by atoms with Crippen LogP contribution >= 0.6 is 0 Å². The number of phenols is 1. The summed E-state index contributed by atoms with van der Waals surface area (Å²) in [5, 5.41) is 9.84. The van der Waals surface area contributed by atoms with E-state index in [1.165, 1.54) is 44.0 Å². The molecule has 0 unspecified atom stereocenters. The highest BCUT2D eigenvalue weighted by atomic mass is 16.5. The summed E-state index contributed by atoms with van der Waals surface area (Å²) in [5.41, 5.74) is 2.44. The number of rotatable bonds is 7. The summed E-state index contributed by atoms with van der Waals surface area (Å²) < 4.78 is 10.5. The summed E-state index contributed by atoms with van der Waals surface area (Å²) in [6.45, 7) is 3.21. The highest BCUT2D eigenvalue weighted by Crippen LogP contribution is 2.27. The van der Waals surface area contributed by atoms with Crippen molar-refractivity contribution in [2.24, 2.45) is 0 Å². The number of carbonyl (C=O) groups excluding carboxylic acids is 1. The molecule has 1 aliphatic heterocycles. The first-order chi connectivity index (χ1) is 13.1. The summed E-state index contributed by atoms with van der Waals surface area (Å²) in [6.07, 6.45) is 5.73. The van der Waals surface area contributed by atoms with Crippen molar-refractivity contribution in [3.05, 3.63) is 59.2 Å². The van der Waals surface area contributed by atoms with Crippen LogP contribution in [0.15, 0.2) is 42.5 Å². The van der Waals surface area contributed by atoms with E-state index in [2.05, 4.69) is 0 Å². The number of allylic oxidation sites excluding steroid dienone is 1. The summed E-state index contributed by atoms with van der Waals surface area (Å²) >= 11 is 0. The van der Waals surface area contributed by atoms with Crippen LogP contribution in [0.4, 0.5) is 0 Å². The number of benzene rings is 2. The Kier molecular flexibility index (Phi) is 6.14. The number of aromatic hydroxyl groups is 1. The molecule has 1 heterocycles. The molecule has 0 spiro atoms. The lowest BCUT2D eigenvalue weighted by atomic mass is 10.0. The van der Waals surface area contributed by atoms with Gasteiger partial charge in [-0.15, -0.1) is 0 Å². The molecule has 0 aromatic heterocycles. The number of quaternary nitrogens is 1. The standard InChI is InChI=1S/C22H25NO4/c1-26-21-10-7-17(14-18(21)15-23-11-3-4-12-23)19(24)8-5-16-6-9-22(27-2)20(25)13-16/h5-10,13-14,25H,3-4,11-12,15H2,1-2H3/p+1/b8-5+. The molecule has 142 valence electrons. The van der Waals surface area contributed by atoms with E-state index in [0.717, 1.165) is 23.4 Å². The number of nitrogens with one attached hydrogen (secondary N) is 1. The van der Waals surface area contributed by atoms with Crippen LogP contribution in [0.5, 0.6) is 17.2 Å². The zero-order valence-electron chi connectivity index (χ0n) is 15.8. The van der Waals surface area contributed by atoms with Gasteiger partial charge in [-0.25, -0.2) is 0 Å². The summed E-state index contributed by atoms with van der Waals surface area (Å²) in [7, 11) is 3.16. The Morgan fingerprint density at radius 2 is 1.78 bits per heavy atom. The van der Waals surface area contributed by atoms with Crippen LogP contribution < -0.4 is 14.4 Å². The maximum Gasteiger partial charge on any atom is 0.185 e. The van der Waals surface area contributed by atoms with Gasteiger partial charge in [0.2, 0.25) is 0 Å². The van der Waals surface area contributed by atoms with Crippen molar-refractivity contribution in [3.63, 3.8) is 0 Å². The van der Waals surface area contributed by atoms with Crippen molar-refractivity contribution in [2.75, 3.05) is 27.3 Å². The second-order valence-corrected chi connectivity index (χ2v) is 6.79. The fourth-order valence-electron chi connectivity index (χ4n) is 3.47. The topological polar surface area (TPSA) is 60.2 Å². The molecule has 2 aromatic carbocycles. The molecule has 5 heteroatoms. The van der Waals surface area contributed by atoms with Crippen molar-refractivity contribution < 1.29 is 24.3 Å². The highest BCUT2D eigenvalue weighted by Gasteiger charge is 2.18. The van der Waals surface area contributed by atoms with Crippen LogP contribution in [0, 0.1) is 0 Å². The van der Waals surface area contributed by atoms with E-state index in [9.17, 15) is 9.90 Å². The average molecular weight is 368 g/mol. The van der Waals surface area contributed by atoms with Crippen LogP contribution in [-0.2, 0) is 6.54 Å². The van der Waals surface area contributed by atoms with Gasteiger partial charge in [-0.05, 0) is 42.0 Å². The molecule has 0 radical (unpaired) electrons. The first kappa shape index (κ1) is 19.0. The molecule has 5 nitrogen and oxygen atoms in total. The molecule has 27 heavy (non-hydrogen) atoms. The van der Waals surface area contributed by atoms with Crippen molar-refractivity contribution >= 4 is 11.9 Å². The molecule has 0 aliphatic carbocycles. The van der Waals surface area contributed by atoms with Gasteiger partial charge in [0.25, 0.3) is 0 Å². The van der Waals surface area contributed by atoms with E-state index < -0.39 is 0 Å². The molecule has 0 amide bonds. The fourth-order valence-corrected chi connectivity index (χ4v) is 3.47. The molecule has 3 rings (SSSR count). The number of carbonyl (C=O) groups is 1. The van der Waals surface area contributed by atoms with Gasteiger partial charge in [-0.3, -0.25) is 4.79 Å². The largest absolute Gasteiger partial charge is 0.504 e. The number of hydrogen-bond acceptors (Lipinski definition) is 4. The molecular weight excluding hydrogens is 342 g/mol. The highest BCUT2D eigenvalue weighted by molar-refractivity contribution is 6.07. The third-order valence-corrected chi connectivity index (χ3v) is 4.95. The number of ketones is 1. The minimum absolute atomic E-state index is 0.0485. The van der Waals surface area contributed by atoms with E-state index >= 15 is 0 Å². The van der Waals surface area contributed by atoms with Gasteiger partial charge in [-0.2, -0.15) is 0 Å². The Morgan fingerprint density at radius 1 is 1.07 bits per heavy atom. The zero-order valence-corrected chi connectivity index (χ0v) is 15.8. The molecule has 1 saturated heterocycles. The quantitative estimate of drug-likeness (QED) is 0.582. The maximum atomic E-state index is 12.6. The molecule has 2 aromatic rings. The van der Waals surface area contributed by atoms with E-state index in [-0.39, 0.29) is 11.5 Å². The van der Waals surface area contributed by atoms with Crippen LogP contribution in [0.3, 0.4) is 0 Å². The van der Waals surface area contributed by atoms with Crippen molar-refractivity contribution in [1.29, 1.82) is 0 Å². The zero-order chi connectivity index (χ0) is 19.2. The molecule has 0 atom stereocenters. The Bertz CT molecular complexity index is 838. The summed E-state index contributed by atoms with van der Waals surface area (Å²) in [6, 6.07) is 10.6. The van der Waals surface area contributed by atoms with E-state index in [1.807, 2.05) is 12.1 Å². The Labute approximate surface area is 159 Å². The van der Waals surface area contributed by atoms with Gasteiger partial charge < -0.3 is 19.5 Å².